The number of ether oxygens (including phenoxy) is 1. The van der Waals surface area contributed by atoms with E-state index in [0.717, 1.165) is 17.7 Å². The van der Waals surface area contributed by atoms with Gasteiger partial charge in [0.05, 0.1) is 19.3 Å². The number of nitrogens with one attached hydrogen (secondary N) is 4. The van der Waals surface area contributed by atoms with Crippen molar-refractivity contribution in [1.82, 2.24) is 10.9 Å². The highest BCUT2D eigenvalue weighted by atomic mass is 32.1. The fourth-order valence-corrected chi connectivity index (χ4v) is 4.40. The molecular weight excluding hydrogens is 360 g/mol. The average Bonchev–Trinajstić information content (AvgIpc) is 3.30. The number of thiophene rings is 1. The molecule has 27 heavy (non-hydrogen) atoms. The maximum absolute atomic E-state index is 11.3. The fourth-order valence-electron chi connectivity index (χ4n) is 3.27. The number of hydrogen-bond acceptors (Lipinski definition) is 6. The number of rotatable bonds is 4. The first-order chi connectivity index (χ1) is 13.1. The number of carbonyl (C=O) groups is 1. The zero-order valence-electron chi connectivity index (χ0n) is 15.2. The van der Waals surface area contributed by atoms with E-state index in [-0.39, 0.29) is 12.2 Å². The van der Waals surface area contributed by atoms with Crippen LogP contribution in [0.2, 0.25) is 0 Å². The maximum Gasteiger partial charge on any atom is 0.411 e. The lowest BCUT2D eigenvalue weighted by atomic mass is 10.1. The molecule has 3 aromatic rings. The Hall–Kier alpha value is -2.61. The van der Waals surface area contributed by atoms with Crippen LogP contribution in [-0.4, -0.2) is 19.4 Å². The first-order valence-electron chi connectivity index (χ1n) is 8.84. The Balaban J connectivity index is 1.41. The number of amides is 1. The molecule has 140 valence electrons. The van der Waals surface area contributed by atoms with Gasteiger partial charge in [0.25, 0.3) is 0 Å². The number of hydrogen-bond donors (Lipinski definition) is 4. The zero-order chi connectivity index (χ0) is 18.8. The van der Waals surface area contributed by atoms with Crippen molar-refractivity contribution in [2.75, 3.05) is 17.7 Å². The van der Waals surface area contributed by atoms with Crippen molar-refractivity contribution in [3.8, 4) is 0 Å². The predicted molar refractivity (Wildman–Crippen MR) is 110 cm³/mol. The zero-order valence-corrected chi connectivity index (χ0v) is 16.0. The molecular formula is C20H22N4O2S. The normalized spacial score (nSPS) is 19.2. The summed E-state index contributed by atoms with van der Waals surface area (Å²) in [5.41, 5.74) is 9.52. The summed E-state index contributed by atoms with van der Waals surface area (Å²) in [6.07, 6.45) is 0.593. The average molecular weight is 382 g/mol. The molecule has 4 N–H and O–H groups in total. The molecule has 0 saturated carbocycles. The van der Waals surface area contributed by atoms with E-state index in [0.29, 0.717) is 5.69 Å². The molecule has 0 bridgehead atoms. The summed E-state index contributed by atoms with van der Waals surface area (Å²) in [6.45, 7) is 2.01. The van der Waals surface area contributed by atoms with Gasteiger partial charge in [-0.05, 0) is 48.2 Å². The smallest absolute Gasteiger partial charge is 0.411 e. The van der Waals surface area contributed by atoms with Crippen LogP contribution < -0.4 is 21.5 Å². The minimum atomic E-state index is -0.469. The van der Waals surface area contributed by atoms with Gasteiger partial charge in [0, 0.05) is 27.4 Å². The largest absolute Gasteiger partial charge is 0.453 e. The summed E-state index contributed by atoms with van der Waals surface area (Å²) >= 11 is 1.83. The third-order valence-electron chi connectivity index (χ3n) is 4.68. The summed E-state index contributed by atoms with van der Waals surface area (Å²) in [5.74, 6) is 0. The SMILES string of the molecule is COC(=O)Nc1ccc(NC2CC(c3cc4ccccc4s3)NN2)c(C)c1. The molecule has 4 rings (SSSR count). The van der Waals surface area contributed by atoms with Crippen LogP contribution in [-0.2, 0) is 4.74 Å². The lowest BCUT2D eigenvalue weighted by molar-refractivity contribution is 0.187. The van der Waals surface area contributed by atoms with Crippen molar-refractivity contribution in [3.05, 3.63) is 59.0 Å². The first kappa shape index (κ1) is 17.8. The van der Waals surface area contributed by atoms with Crippen LogP contribution in [0.3, 0.4) is 0 Å². The number of fused-ring (bicyclic) bond motifs is 1. The van der Waals surface area contributed by atoms with Crippen LogP contribution >= 0.6 is 11.3 Å². The lowest BCUT2D eigenvalue weighted by Crippen LogP contribution is -2.36. The standard InChI is InChI=1S/C20H22N4O2S/c1-12-9-14(21-20(25)26-2)7-8-15(12)22-19-11-16(23-24-19)18-10-13-5-3-4-6-17(13)27-18/h3-10,16,19,22-24H,11H2,1-2H3,(H,21,25). The molecule has 1 aliphatic rings. The minimum Gasteiger partial charge on any atom is -0.453 e. The highest BCUT2D eigenvalue weighted by Gasteiger charge is 2.26. The first-order valence-corrected chi connectivity index (χ1v) is 9.66. The Morgan fingerprint density at radius 3 is 2.81 bits per heavy atom. The van der Waals surface area contributed by atoms with Crippen molar-refractivity contribution in [2.45, 2.75) is 25.6 Å². The van der Waals surface area contributed by atoms with Crippen molar-refractivity contribution in [1.29, 1.82) is 0 Å². The Labute approximate surface area is 161 Å². The van der Waals surface area contributed by atoms with Gasteiger partial charge in [-0.3, -0.25) is 5.32 Å². The summed E-state index contributed by atoms with van der Waals surface area (Å²) in [6, 6.07) is 16.8. The molecule has 1 amide bonds. The lowest BCUT2D eigenvalue weighted by Gasteiger charge is -2.16. The topological polar surface area (TPSA) is 74.4 Å². The van der Waals surface area contributed by atoms with Gasteiger partial charge in [-0.1, -0.05) is 18.2 Å². The molecule has 0 spiro atoms. The number of aryl methyl sites for hydroxylation is 1. The van der Waals surface area contributed by atoms with Crippen molar-refractivity contribution < 1.29 is 9.53 Å². The predicted octanol–water partition coefficient (Wildman–Crippen LogP) is 4.37. The van der Waals surface area contributed by atoms with Crippen molar-refractivity contribution >= 4 is 38.9 Å². The minimum absolute atomic E-state index is 0.123. The van der Waals surface area contributed by atoms with Crippen LogP contribution in [0.5, 0.6) is 0 Å². The number of benzene rings is 2. The van der Waals surface area contributed by atoms with Crippen LogP contribution in [0.15, 0.2) is 48.5 Å². The van der Waals surface area contributed by atoms with Gasteiger partial charge in [-0.15, -0.1) is 11.3 Å². The Morgan fingerprint density at radius 1 is 1.19 bits per heavy atom. The molecule has 7 heteroatoms. The number of hydrazine groups is 1. The third kappa shape index (κ3) is 3.90. The van der Waals surface area contributed by atoms with E-state index in [9.17, 15) is 4.79 Å². The van der Waals surface area contributed by atoms with Crippen LogP contribution in [0.25, 0.3) is 10.1 Å². The van der Waals surface area contributed by atoms with E-state index in [1.807, 2.05) is 36.5 Å². The van der Waals surface area contributed by atoms with Gasteiger partial charge < -0.3 is 10.1 Å². The Bertz CT molecular complexity index is 939. The molecule has 2 aromatic carbocycles. The molecule has 1 aromatic heterocycles. The van der Waals surface area contributed by atoms with Crippen LogP contribution in [0, 0.1) is 6.92 Å². The molecule has 0 radical (unpaired) electrons. The molecule has 1 aliphatic heterocycles. The summed E-state index contributed by atoms with van der Waals surface area (Å²) in [7, 11) is 1.35. The van der Waals surface area contributed by atoms with Crippen LogP contribution in [0.1, 0.15) is 22.9 Å². The summed E-state index contributed by atoms with van der Waals surface area (Å²) in [5, 5.41) is 7.50. The highest BCUT2D eigenvalue weighted by molar-refractivity contribution is 7.19. The molecule has 6 nitrogen and oxygen atoms in total. The third-order valence-corrected chi connectivity index (χ3v) is 5.91. The second kappa shape index (κ2) is 7.56. The summed E-state index contributed by atoms with van der Waals surface area (Å²) in [4.78, 5) is 12.7. The quantitative estimate of drug-likeness (QED) is 0.539. The van der Waals surface area contributed by atoms with E-state index in [1.54, 1.807) is 0 Å². The molecule has 0 aliphatic carbocycles. The molecule has 2 unspecified atom stereocenters. The van der Waals surface area contributed by atoms with Gasteiger partial charge in [-0.2, -0.15) is 0 Å². The maximum atomic E-state index is 11.3. The number of methoxy groups -OCH3 is 1. The van der Waals surface area contributed by atoms with E-state index < -0.39 is 6.09 Å². The van der Waals surface area contributed by atoms with E-state index in [4.69, 9.17) is 0 Å². The Morgan fingerprint density at radius 2 is 2.04 bits per heavy atom. The highest BCUT2D eigenvalue weighted by Crippen LogP contribution is 2.33. The second-order valence-corrected chi connectivity index (χ2v) is 7.72. The van der Waals surface area contributed by atoms with Gasteiger partial charge in [-0.25, -0.2) is 15.6 Å². The molecule has 2 atom stereocenters. The van der Waals surface area contributed by atoms with Gasteiger partial charge in [0.2, 0.25) is 0 Å². The number of anilines is 2. The second-order valence-electron chi connectivity index (χ2n) is 6.61. The fraction of sp³-hybridized carbons (Fsp3) is 0.250. The number of carbonyl (C=O) groups excluding carboxylic acids is 1. The van der Waals surface area contributed by atoms with Gasteiger partial charge in [0.1, 0.15) is 0 Å². The Kier molecular flexibility index (Phi) is 4.98. The molecule has 2 heterocycles. The van der Waals surface area contributed by atoms with E-state index >= 15 is 0 Å². The monoisotopic (exact) mass is 382 g/mol. The van der Waals surface area contributed by atoms with Crippen LogP contribution in [0.4, 0.5) is 16.2 Å². The van der Waals surface area contributed by atoms with Crippen molar-refractivity contribution in [2.24, 2.45) is 0 Å². The van der Waals surface area contributed by atoms with Gasteiger partial charge in [0.15, 0.2) is 0 Å². The summed E-state index contributed by atoms with van der Waals surface area (Å²) < 4.78 is 5.94. The molecule has 1 saturated heterocycles. The van der Waals surface area contributed by atoms with Crippen molar-refractivity contribution in [3.63, 3.8) is 0 Å². The van der Waals surface area contributed by atoms with E-state index in [2.05, 4.69) is 56.6 Å². The molecule has 1 fully saturated rings. The van der Waals surface area contributed by atoms with Gasteiger partial charge >= 0.3 is 6.09 Å². The van der Waals surface area contributed by atoms with E-state index in [1.165, 1.54) is 22.1 Å².